The van der Waals surface area contributed by atoms with E-state index in [4.69, 9.17) is 0 Å². The van der Waals surface area contributed by atoms with E-state index >= 15 is 0 Å². The lowest BCUT2D eigenvalue weighted by molar-refractivity contribution is 0.0948. The second-order valence-electron chi connectivity index (χ2n) is 6.50. The molecule has 0 radical (unpaired) electrons. The number of nitrogens with one attached hydrogen (secondary N) is 1. The van der Waals surface area contributed by atoms with Gasteiger partial charge < -0.3 is 5.32 Å². The van der Waals surface area contributed by atoms with E-state index in [9.17, 15) is 4.79 Å². The van der Waals surface area contributed by atoms with Gasteiger partial charge in [0.05, 0.1) is 17.1 Å². The van der Waals surface area contributed by atoms with E-state index in [0.717, 1.165) is 34.8 Å². The van der Waals surface area contributed by atoms with Crippen molar-refractivity contribution in [1.29, 1.82) is 0 Å². The van der Waals surface area contributed by atoms with Crippen molar-refractivity contribution in [1.82, 2.24) is 30.1 Å². The monoisotopic (exact) mass is 352 g/mol. The molecule has 0 unspecified atom stereocenters. The highest BCUT2D eigenvalue weighted by Gasteiger charge is 2.18. The minimum absolute atomic E-state index is 0.207. The quantitative estimate of drug-likeness (QED) is 0.764. The number of hydrogen-bond acceptors (Lipinski definition) is 4. The minimum Gasteiger partial charge on any atom is -0.350 e. The average Bonchev–Trinajstić information content (AvgIpc) is 3.09. The predicted octanol–water partition coefficient (Wildman–Crippen LogP) is 2.21. The maximum atomic E-state index is 12.5. The fourth-order valence-corrected chi connectivity index (χ4v) is 3.13. The number of para-hydroxylation sites is 1. The van der Waals surface area contributed by atoms with Gasteiger partial charge in [-0.2, -0.15) is 5.10 Å². The van der Waals surface area contributed by atoms with Crippen molar-refractivity contribution in [2.45, 2.75) is 34.1 Å². The van der Waals surface area contributed by atoms with Crippen molar-refractivity contribution in [2.24, 2.45) is 7.05 Å². The molecule has 1 amide bonds. The van der Waals surface area contributed by atoms with Crippen molar-refractivity contribution >= 4 is 5.91 Å². The molecule has 26 heavy (non-hydrogen) atoms. The summed E-state index contributed by atoms with van der Waals surface area (Å²) >= 11 is 0. The van der Waals surface area contributed by atoms with Gasteiger partial charge in [0.25, 0.3) is 5.91 Å². The smallest absolute Gasteiger partial charge is 0.273 e. The number of hydrogen-bond donors (Lipinski definition) is 1. The lowest BCUT2D eigenvalue weighted by Gasteiger charge is -2.07. The molecule has 0 aliphatic rings. The number of aryl methyl sites for hydroxylation is 3. The number of nitrogens with zero attached hydrogens (tertiary/aromatic N) is 5. The van der Waals surface area contributed by atoms with Crippen LogP contribution < -0.4 is 5.32 Å². The molecular formula is C19H24N6O. The molecule has 7 nitrogen and oxygen atoms in total. The Bertz CT molecular complexity index is 953. The molecule has 1 aromatic carbocycles. The maximum Gasteiger partial charge on any atom is 0.273 e. The zero-order chi connectivity index (χ0) is 18.8. The van der Waals surface area contributed by atoms with Gasteiger partial charge in [0, 0.05) is 19.3 Å². The molecule has 0 fully saturated rings. The number of amides is 1. The van der Waals surface area contributed by atoms with Crippen LogP contribution in [0.15, 0.2) is 24.3 Å². The summed E-state index contributed by atoms with van der Waals surface area (Å²) in [7, 11) is 1.93. The van der Waals surface area contributed by atoms with Crippen LogP contribution in [0.1, 0.15) is 38.7 Å². The molecule has 136 valence electrons. The summed E-state index contributed by atoms with van der Waals surface area (Å²) in [5, 5.41) is 15.6. The molecule has 0 saturated carbocycles. The van der Waals surface area contributed by atoms with Crippen LogP contribution in [-0.2, 0) is 13.5 Å². The molecule has 3 rings (SSSR count). The van der Waals surface area contributed by atoms with Gasteiger partial charge in [-0.05, 0) is 51.3 Å². The molecule has 7 heteroatoms. The van der Waals surface area contributed by atoms with Crippen molar-refractivity contribution in [3.8, 4) is 5.69 Å². The highest BCUT2D eigenvalue weighted by Crippen LogP contribution is 2.16. The third kappa shape index (κ3) is 3.24. The Morgan fingerprint density at radius 2 is 1.85 bits per heavy atom. The fourth-order valence-electron chi connectivity index (χ4n) is 3.13. The van der Waals surface area contributed by atoms with Crippen LogP contribution in [0.2, 0.25) is 0 Å². The number of carbonyl (C=O) groups is 1. The van der Waals surface area contributed by atoms with E-state index < -0.39 is 0 Å². The van der Waals surface area contributed by atoms with Crippen LogP contribution >= 0.6 is 0 Å². The first-order valence-corrected chi connectivity index (χ1v) is 8.65. The molecular weight excluding hydrogens is 328 g/mol. The lowest BCUT2D eigenvalue weighted by atomic mass is 10.1. The Morgan fingerprint density at radius 3 is 2.50 bits per heavy atom. The highest BCUT2D eigenvalue weighted by atomic mass is 16.2. The van der Waals surface area contributed by atoms with Crippen LogP contribution in [0.4, 0.5) is 0 Å². The summed E-state index contributed by atoms with van der Waals surface area (Å²) in [6.07, 6.45) is 0.738. The van der Waals surface area contributed by atoms with E-state index in [1.54, 1.807) is 4.68 Å². The summed E-state index contributed by atoms with van der Waals surface area (Å²) in [6.45, 7) is 8.42. The van der Waals surface area contributed by atoms with Gasteiger partial charge in [-0.1, -0.05) is 23.4 Å². The van der Waals surface area contributed by atoms with Gasteiger partial charge in [-0.3, -0.25) is 9.48 Å². The molecule has 0 atom stereocenters. The van der Waals surface area contributed by atoms with E-state index in [1.165, 1.54) is 5.56 Å². The molecule has 0 aliphatic carbocycles. The van der Waals surface area contributed by atoms with Gasteiger partial charge in [0.15, 0.2) is 5.69 Å². The first kappa shape index (κ1) is 17.8. The van der Waals surface area contributed by atoms with Crippen molar-refractivity contribution in [3.63, 3.8) is 0 Å². The van der Waals surface area contributed by atoms with Crippen molar-refractivity contribution < 1.29 is 4.79 Å². The molecule has 2 heterocycles. The first-order chi connectivity index (χ1) is 12.4. The maximum absolute atomic E-state index is 12.5. The van der Waals surface area contributed by atoms with E-state index in [1.807, 2.05) is 63.7 Å². The first-order valence-electron chi connectivity index (χ1n) is 8.65. The average molecular weight is 352 g/mol. The van der Waals surface area contributed by atoms with Crippen LogP contribution in [0, 0.1) is 27.7 Å². The summed E-state index contributed by atoms with van der Waals surface area (Å²) < 4.78 is 3.57. The topological polar surface area (TPSA) is 77.6 Å². The van der Waals surface area contributed by atoms with Crippen LogP contribution in [-0.4, -0.2) is 37.2 Å². The Labute approximate surface area is 153 Å². The van der Waals surface area contributed by atoms with Gasteiger partial charge in [-0.15, -0.1) is 5.10 Å². The van der Waals surface area contributed by atoms with E-state index in [-0.39, 0.29) is 5.91 Å². The summed E-state index contributed by atoms with van der Waals surface area (Å²) in [5.74, 6) is -0.207. The summed E-state index contributed by atoms with van der Waals surface area (Å²) in [4.78, 5) is 12.5. The summed E-state index contributed by atoms with van der Waals surface area (Å²) in [6, 6.07) is 7.89. The Morgan fingerprint density at radius 1 is 1.12 bits per heavy atom. The Kier molecular flexibility index (Phi) is 4.88. The Balaban J connectivity index is 1.70. The standard InChI is InChI=1S/C19H24N6O/c1-12-8-6-7-9-17(12)25-15(4)18(21-23-25)19(26)20-11-10-16-13(2)22-24(5)14(16)3/h6-9H,10-11H2,1-5H3,(H,20,26). The second kappa shape index (κ2) is 7.11. The zero-order valence-corrected chi connectivity index (χ0v) is 15.9. The van der Waals surface area contributed by atoms with Crippen LogP contribution in [0.25, 0.3) is 5.69 Å². The molecule has 0 spiro atoms. The number of aromatic nitrogens is 5. The molecule has 2 aromatic heterocycles. The Hall–Kier alpha value is -2.96. The lowest BCUT2D eigenvalue weighted by Crippen LogP contribution is -2.27. The van der Waals surface area contributed by atoms with Gasteiger partial charge >= 0.3 is 0 Å². The zero-order valence-electron chi connectivity index (χ0n) is 15.9. The third-order valence-corrected chi connectivity index (χ3v) is 4.77. The summed E-state index contributed by atoms with van der Waals surface area (Å²) in [5.41, 5.74) is 6.39. The molecule has 3 aromatic rings. The minimum atomic E-state index is -0.207. The van der Waals surface area contributed by atoms with Gasteiger partial charge in [0.2, 0.25) is 0 Å². The fraction of sp³-hybridized carbons (Fsp3) is 0.368. The second-order valence-corrected chi connectivity index (χ2v) is 6.50. The molecule has 0 aliphatic heterocycles. The normalized spacial score (nSPS) is 11.0. The van der Waals surface area contributed by atoms with Gasteiger partial charge in [-0.25, -0.2) is 4.68 Å². The van der Waals surface area contributed by atoms with E-state index in [0.29, 0.717) is 12.2 Å². The number of benzene rings is 1. The number of carbonyl (C=O) groups excluding carboxylic acids is 1. The van der Waals surface area contributed by atoms with Crippen molar-refractivity contribution in [3.05, 3.63) is 58.2 Å². The molecule has 0 saturated heterocycles. The van der Waals surface area contributed by atoms with E-state index in [2.05, 4.69) is 20.7 Å². The molecule has 0 bridgehead atoms. The third-order valence-electron chi connectivity index (χ3n) is 4.77. The van der Waals surface area contributed by atoms with Crippen LogP contribution in [0.5, 0.6) is 0 Å². The van der Waals surface area contributed by atoms with Gasteiger partial charge in [0.1, 0.15) is 0 Å². The van der Waals surface area contributed by atoms with Crippen LogP contribution in [0.3, 0.4) is 0 Å². The number of rotatable bonds is 5. The molecule has 1 N–H and O–H groups in total. The SMILES string of the molecule is Cc1ccccc1-n1nnc(C(=O)NCCc2c(C)nn(C)c2C)c1C. The largest absolute Gasteiger partial charge is 0.350 e. The van der Waals surface area contributed by atoms with Crippen molar-refractivity contribution in [2.75, 3.05) is 6.54 Å². The predicted molar refractivity (Wildman–Crippen MR) is 99.6 cm³/mol. The highest BCUT2D eigenvalue weighted by molar-refractivity contribution is 5.93.